The smallest absolute Gasteiger partial charge is 0.336 e. The van der Waals surface area contributed by atoms with Gasteiger partial charge in [0.25, 0.3) is 5.91 Å². The van der Waals surface area contributed by atoms with Gasteiger partial charge in [-0.2, -0.15) is 0 Å². The van der Waals surface area contributed by atoms with Crippen molar-refractivity contribution in [3.05, 3.63) is 45.9 Å². The Kier molecular flexibility index (Phi) is 3.93. The van der Waals surface area contributed by atoms with E-state index >= 15 is 0 Å². The zero-order valence-corrected chi connectivity index (χ0v) is 11.9. The summed E-state index contributed by atoms with van der Waals surface area (Å²) in [5.41, 5.74) is 0.880. The zero-order chi connectivity index (χ0) is 15.6. The lowest BCUT2D eigenvalue weighted by atomic mass is 10.2. The van der Waals surface area contributed by atoms with Crippen LogP contribution >= 0.6 is 0 Å². The highest BCUT2D eigenvalue weighted by molar-refractivity contribution is 6.04. The van der Waals surface area contributed by atoms with E-state index in [0.29, 0.717) is 17.1 Å². The van der Waals surface area contributed by atoms with Crippen LogP contribution in [0.2, 0.25) is 0 Å². The quantitative estimate of drug-likeness (QED) is 0.895. The van der Waals surface area contributed by atoms with Gasteiger partial charge in [0.05, 0.1) is 5.69 Å². The fourth-order valence-electron chi connectivity index (χ4n) is 1.83. The molecule has 0 aliphatic carbocycles. The minimum atomic E-state index is -0.678. The third-order valence-electron chi connectivity index (χ3n) is 2.95. The van der Waals surface area contributed by atoms with Crippen molar-refractivity contribution < 1.29 is 14.1 Å². The van der Waals surface area contributed by atoms with Crippen LogP contribution in [-0.4, -0.2) is 16.6 Å². The van der Waals surface area contributed by atoms with E-state index in [1.807, 2.05) is 0 Å². The number of hydrogen-bond acceptors (Lipinski definition) is 4. The molecule has 21 heavy (non-hydrogen) atoms. The van der Waals surface area contributed by atoms with Crippen LogP contribution in [0.25, 0.3) is 0 Å². The van der Waals surface area contributed by atoms with E-state index in [0.717, 1.165) is 0 Å². The van der Waals surface area contributed by atoms with Gasteiger partial charge in [0.2, 0.25) is 5.91 Å². The van der Waals surface area contributed by atoms with E-state index in [1.165, 1.54) is 11.7 Å². The summed E-state index contributed by atoms with van der Waals surface area (Å²) in [4.78, 5) is 34.6. The minimum Gasteiger partial charge on any atom is -0.336 e. The zero-order valence-electron chi connectivity index (χ0n) is 11.9. The topological polar surface area (TPSA) is 93.3 Å². The molecule has 0 fully saturated rings. The Morgan fingerprint density at radius 3 is 2.05 bits per heavy atom. The molecule has 2 amide bonds. The first-order valence-corrected chi connectivity index (χ1v) is 6.24. The van der Waals surface area contributed by atoms with Gasteiger partial charge in [-0.05, 0) is 31.2 Å². The standard InChI is InChI=1S/C14H15N3O4/c1-8-12(14(20)21-17(8)3)13(19)16-11-6-4-10(5-7-11)15-9(2)18/h4-7H,1-3H3,(H,15,18)(H,16,19). The van der Waals surface area contributed by atoms with E-state index in [4.69, 9.17) is 4.52 Å². The second-order valence-corrected chi connectivity index (χ2v) is 4.55. The predicted molar refractivity (Wildman–Crippen MR) is 77.4 cm³/mol. The maximum absolute atomic E-state index is 12.1. The number of carbonyl (C=O) groups excluding carboxylic acids is 2. The lowest BCUT2D eigenvalue weighted by Gasteiger charge is -2.06. The van der Waals surface area contributed by atoms with Gasteiger partial charge in [0.15, 0.2) is 0 Å². The number of benzene rings is 1. The Bertz CT molecular complexity index is 741. The Hall–Kier alpha value is -2.83. The molecule has 2 aromatic rings. The largest absolute Gasteiger partial charge is 0.370 e. The molecule has 0 aliphatic heterocycles. The molecule has 2 rings (SSSR count). The van der Waals surface area contributed by atoms with Crippen LogP contribution in [0, 0.1) is 6.92 Å². The molecule has 0 atom stereocenters. The van der Waals surface area contributed by atoms with E-state index in [9.17, 15) is 14.4 Å². The lowest BCUT2D eigenvalue weighted by molar-refractivity contribution is -0.114. The van der Waals surface area contributed by atoms with Crippen molar-refractivity contribution in [2.24, 2.45) is 7.05 Å². The molecule has 2 N–H and O–H groups in total. The Labute approximate surface area is 120 Å². The summed E-state index contributed by atoms with van der Waals surface area (Å²) in [6, 6.07) is 6.56. The van der Waals surface area contributed by atoms with Crippen molar-refractivity contribution in [2.75, 3.05) is 10.6 Å². The molecule has 0 radical (unpaired) electrons. The van der Waals surface area contributed by atoms with Gasteiger partial charge in [0.1, 0.15) is 5.56 Å². The summed E-state index contributed by atoms with van der Waals surface area (Å²) >= 11 is 0. The molecule has 7 heteroatoms. The highest BCUT2D eigenvalue weighted by atomic mass is 16.5. The van der Waals surface area contributed by atoms with Crippen molar-refractivity contribution in [1.82, 2.24) is 4.74 Å². The molecule has 7 nitrogen and oxygen atoms in total. The number of aryl methyl sites for hydroxylation is 1. The second-order valence-electron chi connectivity index (χ2n) is 4.55. The van der Waals surface area contributed by atoms with Gasteiger partial charge < -0.3 is 15.2 Å². The molecule has 1 aromatic heterocycles. The number of nitrogens with zero attached hydrogens (tertiary/aromatic N) is 1. The fourth-order valence-corrected chi connectivity index (χ4v) is 1.83. The highest BCUT2D eigenvalue weighted by Gasteiger charge is 2.19. The number of rotatable bonds is 3. The van der Waals surface area contributed by atoms with Crippen LogP contribution in [0.4, 0.5) is 11.4 Å². The van der Waals surface area contributed by atoms with Crippen molar-refractivity contribution in [1.29, 1.82) is 0 Å². The van der Waals surface area contributed by atoms with Gasteiger partial charge >= 0.3 is 5.63 Å². The number of hydrogen-bond donors (Lipinski definition) is 2. The summed E-state index contributed by atoms with van der Waals surface area (Å²) in [5, 5.41) is 5.23. The normalized spacial score (nSPS) is 10.2. The van der Waals surface area contributed by atoms with Gasteiger partial charge in [-0.15, -0.1) is 0 Å². The number of amides is 2. The number of carbonyl (C=O) groups is 2. The molecule has 0 unspecified atom stereocenters. The van der Waals surface area contributed by atoms with Crippen LogP contribution < -0.4 is 16.3 Å². The van der Waals surface area contributed by atoms with E-state index in [1.54, 1.807) is 38.2 Å². The third kappa shape index (κ3) is 3.19. The van der Waals surface area contributed by atoms with Crippen LogP contribution in [0.3, 0.4) is 0 Å². The predicted octanol–water partition coefficient (Wildman–Crippen LogP) is 1.50. The van der Waals surface area contributed by atoms with Gasteiger partial charge in [-0.25, -0.2) is 9.53 Å². The summed E-state index contributed by atoms with van der Waals surface area (Å²) < 4.78 is 6.07. The first-order chi connectivity index (χ1) is 9.88. The first kappa shape index (κ1) is 14.6. The van der Waals surface area contributed by atoms with Gasteiger partial charge in [0, 0.05) is 25.3 Å². The van der Waals surface area contributed by atoms with E-state index in [-0.39, 0.29) is 11.5 Å². The first-order valence-electron chi connectivity index (χ1n) is 6.24. The molecular weight excluding hydrogens is 274 g/mol. The third-order valence-corrected chi connectivity index (χ3v) is 2.95. The molecule has 0 aliphatic rings. The average Bonchev–Trinajstić information content (AvgIpc) is 2.65. The van der Waals surface area contributed by atoms with Crippen LogP contribution in [0.15, 0.2) is 33.6 Å². The van der Waals surface area contributed by atoms with Crippen LogP contribution in [0.5, 0.6) is 0 Å². The number of anilines is 2. The van der Waals surface area contributed by atoms with Crippen molar-refractivity contribution >= 4 is 23.2 Å². The van der Waals surface area contributed by atoms with Gasteiger partial charge in [-0.1, -0.05) is 0 Å². The Morgan fingerprint density at radius 1 is 1.10 bits per heavy atom. The van der Waals surface area contributed by atoms with Crippen LogP contribution in [-0.2, 0) is 11.8 Å². The minimum absolute atomic E-state index is 0.0246. The van der Waals surface area contributed by atoms with Crippen molar-refractivity contribution in [2.45, 2.75) is 13.8 Å². The summed E-state index contributed by atoms with van der Waals surface area (Å²) in [6.45, 7) is 3.03. The monoisotopic (exact) mass is 289 g/mol. The molecule has 0 saturated heterocycles. The molecule has 1 aromatic carbocycles. The lowest BCUT2D eigenvalue weighted by Crippen LogP contribution is -2.19. The maximum atomic E-state index is 12.1. The van der Waals surface area contributed by atoms with E-state index < -0.39 is 11.5 Å². The number of aromatic nitrogens is 1. The van der Waals surface area contributed by atoms with Crippen molar-refractivity contribution in [3.8, 4) is 0 Å². The SMILES string of the molecule is CC(=O)Nc1ccc(NC(=O)c2c(C)n(C)oc2=O)cc1. The second kappa shape index (κ2) is 5.66. The van der Waals surface area contributed by atoms with Gasteiger partial charge in [-0.3, -0.25) is 9.59 Å². The molecular formula is C14H15N3O4. The average molecular weight is 289 g/mol. The maximum Gasteiger partial charge on any atom is 0.370 e. The molecule has 1 heterocycles. The highest BCUT2D eigenvalue weighted by Crippen LogP contribution is 2.15. The number of nitrogens with one attached hydrogen (secondary N) is 2. The summed E-state index contributed by atoms with van der Waals surface area (Å²) in [7, 11) is 1.55. The molecule has 110 valence electrons. The van der Waals surface area contributed by atoms with Crippen molar-refractivity contribution in [3.63, 3.8) is 0 Å². The molecule has 0 bridgehead atoms. The summed E-state index contributed by atoms with van der Waals surface area (Å²) in [6.07, 6.45) is 0. The Balaban J connectivity index is 2.16. The van der Waals surface area contributed by atoms with Crippen LogP contribution in [0.1, 0.15) is 23.0 Å². The van der Waals surface area contributed by atoms with E-state index in [2.05, 4.69) is 10.6 Å². The summed E-state index contributed by atoms with van der Waals surface area (Å²) in [5.74, 6) is -0.710. The fraction of sp³-hybridized carbons (Fsp3) is 0.214. The Morgan fingerprint density at radius 2 is 1.62 bits per heavy atom. The molecule has 0 spiro atoms. The molecule has 0 saturated carbocycles.